The second kappa shape index (κ2) is 6.50. The molecule has 0 aliphatic rings. The van der Waals surface area contributed by atoms with Gasteiger partial charge in [-0.15, -0.1) is 10.2 Å². The third kappa shape index (κ3) is 3.15. The Balaban J connectivity index is 1.84. The molecule has 0 spiro atoms. The molecule has 0 saturated carbocycles. The molecule has 0 aliphatic heterocycles. The topological polar surface area (TPSA) is 61.4 Å². The Bertz CT molecular complexity index is 781. The molecule has 114 valence electrons. The molecule has 0 atom stereocenters. The molecule has 2 aromatic heterocycles. The maximum absolute atomic E-state index is 6.06. The van der Waals surface area contributed by atoms with Gasteiger partial charge in [-0.1, -0.05) is 35.5 Å². The van der Waals surface area contributed by atoms with E-state index in [9.17, 15) is 0 Å². The highest BCUT2D eigenvalue weighted by molar-refractivity contribution is 7.98. The predicted octanol–water partition coefficient (Wildman–Crippen LogP) is 3.04. The first-order valence-electron chi connectivity index (χ1n) is 6.84. The lowest BCUT2D eigenvalue weighted by Crippen LogP contribution is -2.00. The highest BCUT2D eigenvalue weighted by Crippen LogP contribution is 2.27. The van der Waals surface area contributed by atoms with Gasteiger partial charge in [0.05, 0.1) is 11.9 Å². The summed E-state index contributed by atoms with van der Waals surface area (Å²) in [5.41, 5.74) is 1.88. The second-order valence-electron chi connectivity index (χ2n) is 4.67. The standard InChI is InChI=1S/C14H15ClN6S/c1-3-21-13(10-5-4-6-11(15)7-10)17-18-14(21)22-9-12-8-16-20(2)19-12/h4-8H,3,9H2,1-2H3. The van der Waals surface area contributed by atoms with E-state index in [0.717, 1.165) is 28.8 Å². The number of benzene rings is 1. The molecule has 0 amide bonds. The van der Waals surface area contributed by atoms with Crippen LogP contribution in [-0.4, -0.2) is 29.8 Å². The number of thioether (sulfide) groups is 1. The first kappa shape index (κ1) is 15.1. The fourth-order valence-corrected chi connectivity index (χ4v) is 3.18. The summed E-state index contributed by atoms with van der Waals surface area (Å²) in [6.07, 6.45) is 1.76. The van der Waals surface area contributed by atoms with Crippen LogP contribution in [0.5, 0.6) is 0 Å². The van der Waals surface area contributed by atoms with E-state index < -0.39 is 0 Å². The van der Waals surface area contributed by atoms with Crippen LogP contribution >= 0.6 is 23.4 Å². The number of halogens is 1. The Labute approximate surface area is 137 Å². The first-order valence-corrected chi connectivity index (χ1v) is 8.21. The van der Waals surface area contributed by atoms with E-state index in [1.165, 1.54) is 0 Å². The summed E-state index contributed by atoms with van der Waals surface area (Å²) < 4.78 is 2.08. The number of nitrogens with zero attached hydrogens (tertiary/aromatic N) is 6. The van der Waals surface area contributed by atoms with Gasteiger partial charge in [-0.05, 0) is 19.1 Å². The van der Waals surface area contributed by atoms with Crippen LogP contribution in [0.3, 0.4) is 0 Å². The molecule has 22 heavy (non-hydrogen) atoms. The van der Waals surface area contributed by atoms with Crippen molar-refractivity contribution in [2.24, 2.45) is 7.05 Å². The van der Waals surface area contributed by atoms with Crippen molar-refractivity contribution in [1.29, 1.82) is 0 Å². The van der Waals surface area contributed by atoms with Crippen LogP contribution in [0.15, 0.2) is 35.6 Å². The quantitative estimate of drug-likeness (QED) is 0.671. The second-order valence-corrected chi connectivity index (χ2v) is 6.05. The number of aryl methyl sites for hydroxylation is 1. The molecule has 2 heterocycles. The minimum atomic E-state index is 0.692. The predicted molar refractivity (Wildman–Crippen MR) is 86.7 cm³/mol. The van der Waals surface area contributed by atoms with Crippen molar-refractivity contribution in [3.8, 4) is 11.4 Å². The summed E-state index contributed by atoms with van der Waals surface area (Å²) in [5.74, 6) is 1.54. The third-order valence-electron chi connectivity index (χ3n) is 3.11. The third-order valence-corrected chi connectivity index (χ3v) is 4.35. The van der Waals surface area contributed by atoms with Gasteiger partial charge >= 0.3 is 0 Å². The SMILES string of the molecule is CCn1c(SCc2cnn(C)n2)nnc1-c1cccc(Cl)c1. The van der Waals surface area contributed by atoms with E-state index >= 15 is 0 Å². The minimum absolute atomic E-state index is 0.692. The highest BCUT2D eigenvalue weighted by Gasteiger charge is 2.14. The van der Waals surface area contributed by atoms with Crippen molar-refractivity contribution in [2.75, 3.05) is 0 Å². The summed E-state index contributed by atoms with van der Waals surface area (Å²) >= 11 is 7.66. The van der Waals surface area contributed by atoms with Crippen LogP contribution < -0.4 is 0 Å². The maximum atomic E-state index is 6.06. The van der Waals surface area contributed by atoms with Gasteiger partial charge in [0.15, 0.2) is 11.0 Å². The van der Waals surface area contributed by atoms with Crippen molar-refractivity contribution in [2.45, 2.75) is 24.4 Å². The molecule has 0 bridgehead atoms. The van der Waals surface area contributed by atoms with Crippen LogP contribution in [0.2, 0.25) is 5.02 Å². The molecule has 3 aromatic rings. The van der Waals surface area contributed by atoms with Crippen molar-refractivity contribution in [1.82, 2.24) is 29.8 Å². The molecule has 0 N–H and O–H groups in total. The van der Waals surface area contributed by atoms with E-state index in [1.807, 2.05) is 24.3 Å². The zero-order valence-corrected chi connectivity index (χ0v) is 13.8. The summed E-state index contributed by atoms with van der Waals surface area (Å²) in [4.78, 5) is 1.55. The van der Waals surface area contributed by atoms with Crippen LogP contribution in [0.4, 0.5) is 0 Å². The Morgan fingerprint density at radius 1 is 1.27 bits per heavy atom. The van der Waals surface area contributed by atoms with E-state index in [-0.39, 0.29) is 0 Å². The van der Waals surface area contributed by atoms with E-state index in [0.29, 0.717) is 10.8 Å². The van der Waals surface area contributed by atoms with Crippen LogP contribution in [-0.2, 0) is 19.3 Å². The maximum Gasteiger partial charge on any atom is 0.191 e. The molecule has 1 aromatic carbocycles. The molecule has 0 aliphatic carbocycles. The Morgan fingerprint density at radius 3 is 2.82 bits per heavy atom. The van der Waals surface area contributed by atoms with Crippen molar-refractivity contribution in [3.05, 3.63) is 41.2 Å². The van der Waals surface area contributed by atoms with Gasteiger partial charge in [0, 0.05) is 29.9 Å². The average Bonchev–Trinajstić information content (AvgIpc) is 3.10. The lowest BCUT2D eigenvalue weighted by Gasteiger charge is -2.07. The van der Waals surface area contributed by atoms with Gasteiger partial charge in [-0.3, -0.25) is 0 Å². The number of rotatable bonds is 5. The summed E-state index contributed by atoms with van der Waals surface area (Å²) in [7, 11) is 1.81. The highest BCUT2D eigenvalue weighted by atomic mass is 35.5. The van der Waals surface area contributed by atoms with Gasteiger partial charge in [-0.2, -0.15) is 15.0 Å². The summed E-state index contributed by atoms with van der Waals surface area (Å²) in [6.45, 7) is 2.86. The van der Waals surface area contributed by atoms with Crippen molar-refractivity contribution < 1.29 is 0 Å². The zero-order chi connectivity index (χ0) is 15.5. The molecule has 0 saturated heterocycles. The molecule has 8 heteroatoms. The molecule has 6 nitrogen and oxygen atoms in total. The lowest BCUT2D eigenvalue weighted by molar-refractivity contribution is 0.648. The molecular weight excluding hydrogens is 320 g/mol. The molecule has 0 unspecified atom stereocenters. The fourth-order valence-electron chi connectivity index (χ4n) is 2.11. The van der Waals surface area contributed by atoms with E-state index in [4.69, 9.17) is 11.6 Å². The minimum Gasteiger partial charge on any atom is -0.302 e. The van der Waals surface area contributed by atoms with Crippen LogP contribution in [0.1, 0.15) is 12.6 Å². The van der Waals surface area contributed by atoms with Gasteiger partial charge in [0.1, 0.15) is 0 Å². The van der Waals surface area contributed by atoms with E-state index in [2.05, 4.69) is 31.9 Å². The summed E-state index contributed by atoms with van der Waals surface area (Å²) in [5, 5.41) is 18.5. The molecule has 3 rings (SSSR count). The monoisotopic (exact) mass is 334 g/mol. The Morgan fingerprint density at radius 2 is 2.14 bits per heavy atom. The van der Waals surface area contributed by atoms with Crippen molar-refractivity contribution >= 4 is 23.4 Å². The van der Waals surface area contributed by atoms with Gasteiger partial charge in [0.2, 0.25) is 0 Å². The number of aromatic nitrogens is 6. The van der Waals surface area contributed by atoms with Crippen LogP contribution in [0, 0.1) is 0 Å². The number of hydrogen-bond donors (Lipinski definition) is 0. The lowest BCUT2D eigenvalue weighted by atomic mass is 10.2. The Kier molecular flexibility index (Phi) is 4.44. The van der Waals surface area contributed by atoms with Gasteiger partial charge < -0.3 is 4.57 Å². The van der Waals surface area contributed by atoms with Gasteiger partial charge in [-0.25, -0.2) is 0 Å². The van der Waals surface area contributed by atoms with E-state index in [1.54, 1.807) is 29.8 Å². The average molecular weight is 335 g/mol. The summed E-state index contributed by atoms with van der Waals surface area (Å²) in [6, 6.07) is 7.65. The largest absolute Gasteiger partial charge is 0.302 e. The number of hydrogen-bond acceptors (Lipinski definition) is 5. The van der Waals surface area contributed by atoms with Crippen molar-refractivity contribution in [3.63, 3.8) is 0 Å². The molecular formula is C14H15ClN6S. The zero-order valence-electron chi connectivity index (χ0n) is 12.3. The smallest absolute Gasteiger partial charge is 0.191 e. The molecule has 0 radical (unpaired) electrons. The molecule has 0 fully saturated rings. The fraction of sp³-hybridized carbons (Fsp3) is 0.286. The normalized spacial score (nSPS) is 11.0. The van der Waals surface area contributed by atoms with Crippen LogP contribution in [0.25, 0.3) is 11.4 Å². The first-order chi connectivity index (χ1) is 10.7. The van der Waals surface area contributed by atoms with Gasteiger partial charge in [0.25, 0.3) is 0 Å². The Hall–Kier alpha value is -1.86.